The fourth-order valence-corrected chi connectivity index (χ4v) is 4.70. The lowest BCUT2D eigenvalue weighted by atomic mass is 10.00. The SMILES string of the molecule is CNC1=c2ccc(-c3cc(F)c(C(=O)N4CCN(C(=O)C5(O)CC5)CC4)c(F)c3)cc2=CC=CC1. The van der Waals surface area contributed by atoms with Gasteiger partial charge in [0.25, 0.3) is 11.8 Å². The average Bonchev–Trinajstić information content (AvgIpc) is 3.65. The molecule has 35 heavy (non-hydrogen) atoms. The minimum absolute atomic E-state index is 0.153. The molecule has 2 aromatic carbocycles. The van der Waals surface area contributed by atoms with E-state index in [1.807, 2.05) is 43.5 Å². The van der Waals surface area contributed by atoms with Crippen LogP contribution in [0.2, 0.25) is 0 Å². The van der Waals surface area contributed by atoms with Crippen LogP contribution in [-0.2, 0) is 4.79 Å². The Kier molecular flexibility index (Phi) is 5.92. The van der Waals surface area contributed by atoms with Crippen molar-refractivity contribution in [2.75, 3.05) is 33.2 Å². The Morgan fingerprint density at radius 2 is 1.63 bits per heavy atom. The lowest BCUT2D eigenvalue weighted by molar-refractivity contribution is -0.143. The van der Waals surface area contributed by atoms with Crippen LogP contribution in [0, 0.1) is 11.6 Å². The molecule has 0 radical (unpaired) electrons. The number of aliphatic hydroxyl groups is 1. The maximum Gasteiger partial charge on any atom is 0.259 e. The zero-order chi connectivity index (χ0) is 24.7. The van der Waals surface area contributed by atoms with Crippen molar-refractivity contribution in [1.82, 2.24) is 15.1 Å². The number of piperazine rings is 1. The molecule has 0 spiro atoms. The summed E-state index contributed by atoms with van der Waals surface area (Å²) in [5, 5.41) is 15.2. The summed E-state index contributed by atoms with van der Waals surface area (Å²) in [6.45, 7) is 0.749. The summed E-state index contributed by atoms with van der Waals surface area (Å²) in [6, 6.07) is 8.00. The molecule has 2 fully saturated rings. The second kappa shape index (κ2) is 8.92. The summed E-state index contributed by atoms with van der Waals surface area (Å²) >= 11 is 0. The van der Waals surface area contributed by atoms with Crippen LogP contribution in [0.5, 0.6) is 0 Å². The van der Waals surface area contributed by atoms with Gasteiger partial charge in [-0.25, -0.2) is 8.78 Å². The second-order valence-electron chi connectivity index (χ2n) is 9.26. The number of allylic oxidation sites excluding steroid dienone is 1. The van der Waals surface area contributed by atoms with Crippen LogP contribution in [0.25, 0.3) is 22.9 Å². The number of hydrogen-bond acceptors (Lipinski definition) is 4. The first-order chi connectivity index (χ1) is 16.8. The maximum absolute atomic E-state index is 15.1. The van der Waals surface area contributed by atoms with Gasteiger partial charge in [0.05, 0.1) is 0 Å². The lowest BCUT2D eigenvalue weighted by Crippen LogP contribution is -2.53. The molecule has 0 atom stereocenters. The van der Waals surface area contributed by atoms with E-state index in [1.165, 1.54) is 21.9 Å². The van der Waals surface area contributed by atoms with Crippen LogP contribution in [0.3, 0.4) is 0 Å². The first-order valence-corrected chi connectivity index (χ1v) is 11.8. The number of hydrogen-bond donors (Lipinski definition) is 2. The van der Waals surface area contributed by atoms with Crippen LogP contribution >= 0.6 is 0 Å². The van der Waals surface area contributed by atoms with Gasteiger partial charge in [-0.2, -0.15) is 0 Å². The highest BCUT2D eigenvalue weighted by molar-refractivity contribution is 5.96. The summed E-state index contributed by atoms with van der Waals surface area (Å²) in [4.78, 5) is 28.1. The lowest BCUT2D eigenvalue weighted by Gasteiger charge is -2.35. The highest BCUT2D eigenvalue weighted by atomic mass is 19.1. The van der Waals surface area contributed by atoms with Gasteiger partial charge in [-0.15, -0.1) is 0 Å². The van der Waals surface area contributed by atoms with E-state index in [9.17, 15) is 14.7 Å². The highest BCUT2D eigenvalue weighted by Crippen LogP contribution is 2.37. The number of rotatable bonds is 4. The number of benzene rings is 2. The van der Waals surface area contributed by atoms with Crippen molar-refractivity contribution < 1.29 is 23.5 Å². The van der Waals surface area contributed by atoms with Crippen molar-refractivity contribution in [2.45, 2.75) is 24.9 Å². The van der Waals surface area contributed by atoms with Gasteiger partial charge in [0.2, 0.25) is 0 Å². The van der Waals surface area contributed by atoms with Crippen molar-refractivity contribution >= 4 is 23.6 Å². The van der Waals surface area contributed by atoms with Gasteiger partial charge < -0.3 is 20.2 Å². The maximum atomic E-state index is 15.1. The smallest absolute Gasteiger partial charge is 0.259 e. The Labute approximate surface area is 201 Å². The van der Waals surface area contributed by atoms with Gasteiger partial charge in [-0.1, -0.05) is 30.4 Å². The molecule has 2 amide bonds. The molecule has 1 saturated carbocycles. The molecule has 2 N–H and O–H groups in total. The van der Waals surface area contributed by atoms with Crippen molar-refractivity contribution in [3.05, 3.63) is 70.1 Å². The Morgan fingerprint density at radius 3 is 2.26 bits per heavy atom. The number of halogens is 2. The van der Waals surface area contributed by atoms with Crippen LogP contribution in [0.15, 0.2) is 42.5 Å². The fourth-order valence-electron chi connectivity index (χ4n) is 4.70. The predicted octanol–water partition coefficient (Wildman–Crippen LogP) is 1.51. The zero-order valence-electron chi connectivity index (χ0n) is 19.5. The van der Waals surface area contributed by atoms with Crippen molar-refractivity contribution in [1.29, 1.82) is 0 Å². The molecule has 182 valence electrons. The molecule has 0 aromatic heterocycles. The van der Waals surface area contributed by atoms with Gasteiger partial charge in [0.1, 0.15) is 22.8 Å². The van der Waals surface area contributed by atoms with Crippen LogP contribution < -0.4 is 15.8 Å². The largest absolute Gasteiger partial charge is 0.391 e. The molecule has 2 aromatic rings. The molecule has 0 bridgehead atoms. The first-order valence-electron chi connectivity index (χ1n) is 11.8. The number of amides is 2. The van der Waals surface area contributed by atoms with Gasteiger partial charge >= 0.3 is 0 Å². The Balaban J connectivity index is 1.38. The minimum atomic E-state index is -1.27. The number of carbonyl (C=O) groups excluding carboxylic acids is 2. The number of carbonyl (C=O) groups is 2. The van der Waals surface area contributed by atoms with E-state index in [0.717, 1.165) is 22.6 Å². The normalized spacial score (nSPS) is 18.5. The number of nitrogens with zero attached hydrogens (tertiary/aromatic N) is 2. The van der Waals surface area contributed by atoms with E-state index in [2.05, 4.69) is 5.32 Å². The quantitative estimate of drug-likeness (QED) is 0.698. The van der Waals surface area contributed by atoms with E-state index < -0.39 is 28.7 Å². The molecule has 1 heterocycles. The molecule has 0 unspecified atom stereocenters. The zero-order valence-corrected chi connectivity index (χ0v) is 19.5. The van der Waals surface area contributed by atoms with Gasteiger partial charge in [-0.05, 0) is 47.4 Å². The monoisotopic (exact) mass is 479 g/mol. The molecule has 1 saturated heterocycles. The van der Waals surface area contributed by atoms with E-state index in [1.54, 1.807) is 0 Å². The Morgan fingerprint density at radius 1 is 0.971 bits per heavy atom. The van der Waals surface area contributed by atoms with Crippen molar-refractivity contribution in [3.63, 3.8) is 0 Å². The third-order valence-electron chi connectivity index (χ3n) is 6.98. The molecular formula is C27H27F2N3O3. The highest BCUT2D eigenvalue weighted by Gasteiger charge is 2.50. The minimum Gasteiger partial charge on any atom is -0.391 e. The molecule has 5 rings (SSSR count). The van der Waals surface area contributed by atoms with E-state index in [0.29, 0.717) is 24.0 Å². The molecular weight excluding hydrogens is 452 g/mol. The predicted molar refractivity (Wildman–Crippen MR) is 128 cm³/mol. The fraction of sp³-hybridized carbons (Fsp3) is 0.333. The van der Waals surface area contributed by atoms with Crippen LogP contribution in [0.4, 0.5) is 8.78 Å². The number of nitrogens with one attached hydrogen (secondary N) is 1. The molecule has 6 nitrogen and oxygen atoms in total. The van der Waals surface area contributed by atoms with Gasteiger partial charge in [0.15, 0.2) is 0 Å². The van der Waals surface area contributed by atoms with Crippen molar-refractivity contribution in [3.8, 4) is 11.1 Å². The third kappa shape index (κ3) is 4.34. The van der Waals surface area contributed by atoms with Crippen molar-refractivity contribution in [2.24, 2.45) is 0 Å². The third-order valence-corrected chi connectivity index (χ3v) is 6.98. The van der Waals surface area contributed by atoms with Crippen LogP contribution in [-0.4, -0.2) is 65.5 Å². The van der Waals surface area contributed by atoms with Gasteiger partial charge in [-0.3, -0.25) is 9.59 Å². The number of fused-ring (bicyclic) bond motifs is 1. The molecule has 3 aliphatic rings. The first kappa shape index (κ1) is 23.2. The molecule has 2 aliphatic carbocycles. The van der Waals surface area contributed by atoms with E-state index in [-0.39, 0.29) is 32.1 Å². The standard InChI is InChI=1S/C27H27F2N3O3/c1-30-23-5-3-2-4-18-14-17(6-7-20(18)23)19-15-21(28)24(22(29)16-19)25(33)31-10-12-32(13-11-31)26(34)27(35)8-9-27/h2-4,6-7,14-16,30,35H,5,8-13H2,1H3. The molecule has 8 heteroatoms. The summed E-state index contributed by atoms with van der Waals surface area (Å²) in [5.74, 6) is -2.91. The average molecular weight is 480 g/mol. The van der Waals surface area contributed by atoms with E-state index in [4.69, 9.17) is 0 Å². The molecule has 1 aliphatic heterocycles. The summed E-state index contributed by atoms with van der Waals surface area (Å²) in [5.41, 5.74) is 0.191. The summed E-state index contributed by atoms with van der Waals surface area (Å²) < 4.78 is 30.1. The Hall–Kier alpha value is -3.52. The second-order valence-corrected chi connectivity index (χ2v) is 9.26. The topological polar surface area (TPSA) is 72.9 Å². The van der Waals surface area contributed by atoms with E-state index >= 15 is 8.78 Å². The Bertz CT molecular complexity index is 1330. The van der Waals surface area contributed by atoms with Crippen LogP contribution in [0.1, 0.15) is 29.6 Å². The summed E-state index contributed by atoms with van der Waals surface area (Å²) in [6.07, 6.45) is 7.61. The van der Waals surface area contributed by atoms with Gasteiger partial charge in [0, 0.05) is 50.6 Å². The summed E-state index contributed by atoms with van der Waals surface area (Å²) in [7, 11) is 1.86.